The molecule has 0 aromatic rings. The predicted octanol–water partition coefficient (Wildman–Crippen LogP) is -1.67. The average molecular weight is 419 g/mol. The predicted molar refractivity (Wildman–Crippen MR) is 105 cm³/mol. The zero-order valence-corrected chi connectivity index (χ0v) is 17.0. The molecular formula is C17H30N4O6S. The van der Waals surface area contributed by atoms with Crippen LogP contribution < -0.4 is 16.4 Å². The van der Waals surface area contributed by atoms with E-state index in [0.29, 0.717) is 19.4 Å². The molecule has 10 nitrogen and oxygen atoms in total. The second-order valence-corrected chi connectivity index (χ2v) is 7.62. The number of likely N-dealkylation sites (tertiary alicyclic amines) is 1. The summed E-state index contributed by atoms with van der Waals surface area (Å²) in [6.45, 7) is 3.29. The number of aliphatic hydroxyl groups excluding tert-OH is 1. The fourth-order valence-corrected chi connectivity index (χ4v) is 3.18. The summed E-state index contributed by atoms with van der Waals surface area (Å²) in [5, 5.41) is 23.4. The quantitative estimate of drug-likeness (QED) is 0.231. The number of nitrogens with two attached hydrogens (primary N) is 1. The largest absolute Gasteiger partial charge is 0.480 e. The van der Waals surface area contributed by atoms with E-state index in [1.54, 1.807) is 0 Å². The molecule has 3 amide bonds. The van der Waals surface area contributed by atoms with Crippen molar-refractivity contribution in [3.63, 3.8) is 0 Å². The maximum absolute atomic E-state index is 12.6. The van der Waals surface area contributed by atoms with Crippen molar-refractivity contribution in [3.05, 3.63) is 0 Å². The van der Waals surface area contributed by atoms with E-state index in [1.165, 1.54) is 4.90 Å². The van der Waals surface area contributed by atoms with Crippen LogP contribution in [-0.2, 0) is 19.2 Å². The molecule has 160 valence electrons. The number of carboxylic acid groups (broad SMARTS) is 1. The van der Waals surface area contributed by atoms with E-state index >= 15 is 0 Å². The van der Waals surface area contributed by atoms with Crippen LogP contribution in [0.2, 0.25) is 0 Å². The smallest absolute Gasteiger partial charge is 0.326 e. The monoisotopic (exact) mass is 418 g/mol. The molecule has 4 unspecified atom stereocenters. The Morgan fingerprint density at radius 3 is 2.36 bits per heavy atom. The van der Waals surface area contributed by atoms with Gasteiger partial charge in [-0.1, -0.05) is 13.8 Å². The third-order valence-corrected chi connectivity index (χ3v) is 4.88. The summed E-state index contributed by atoms with van der Waals surface area (Å²) in [6.07, 6.45) is 1.22. The molecule has 0 aromatic carbocycles. The summed E-state index contributed by atoms with van der Waals surface area (Å²) in [5.74, 6) is -2.83. The molecule has 11 heteroatoms. The topological polar surface area (TPSA) is 162 Å². The SMILES string of the molecule is CC(C)CC(NC(=O)C(CO)NC(=O)C1CCCN1C(=O)C(N)CS)C(=O)O. The van der Waals surface area contributed by atoms with Crippen LogP contribution in [0.4, 0.5) is 0 Å². The number of rotatable bonds is 10. The molecule has 1 rings (SSSR count). The highest BCUT2D eigenvalue weighted by Crippen LogP contribution is 2.18. The molecule has 4 atom stereocenters. The molecule has 6 N–H and O–H groups in total. The van der Waals surface area contributed by atoms with Crippen LogP contribution in [0.25, 0.3) is 0 Å². The van der Waals surface area contributed by atoms with E-state index in [2.05, 4.69) is 23.3 Å². The number of nitrogens with one attached hydrogen (secondary N) is 2. The van der Waals surface area contributed by atoms with Crippen LogP contribution in [0.15, 0.2) is 0 Å². The lowest BCUT2D eigenvalue weighted by Crippen LogP contribution is -2.57. The summed E-state index contributed by atoms with van der Waals surface area (Å²) in [7, 11) is 0. The third-order valence-electron chi connectivity index (χ3n) is 4.49. The first kappa shape index (κ1) is 24.2. The number of carbonyl (C=O) groups is 4. The lowest BCUT2D eigenvalue weighted by atomic mass is 10.0. The van der Waals surface area contributed by atoms with Crippen LogP contribution in [0, 0.1) is 5.92 Å². The van der Waals surface area contributed by atoms with Crippen molar-refractivity contribution in [2.45, 2.75) is 57.3 Å². The number of nitrogens with zero attached hydrogens (tertiary/aromatic N) is 1. The summed E-state index contributed by atoms with van der Waals surface area (Å²) < 4.78 is 0. The van der Waals surface area contributed by atoms with Crippen LogP contribution in [0.5, 0.6) is 0 Å². The van der Waals surface area contributed by atoms with Crippen molar-refractivity contribution in [1.82, 2.24) is 15.5 Å². The number of thiol groups is 1. The van der Waals surface area contributed by atoms with Gasteiger partial charge in [0.2, 0.25) is 17.7 Å². The van der Waals surface area contributed by atoms with Gasteiger partial charge < -0.3 is 31.5 Å². The Kier molecular flexibility index (Phi) is 9.70. The Morgan fingerprint density at radius 2 is 1.86 bits per heavy atom. The Bertz CT molecular complexity index is 588. The fraction of sp³-hybridized carbons (Fsp3) is 0.765. The number of aliphatic carboxylic acids is 1. The summed E-state index contributed by atoms with van der Waals surface area (Å²) in [4.78, 5) is 49.8. The number of hydrogen-bond acceptors (Lipinski definition) is 7. The standard InChI is InChI=1S/C17H30N4O6S/c1-9(2)6-11(17(26)27)19-14(23)12(7-22)20-15(24)13-4-3-5-21(13)16(25)10(18)8-28/h9-13,22,28H,3-8,18H2,1-2H3,(H,19,23)(H,20,24)(H,26,27). The third kappa shape index (κ3) is 6.64. The van der Waals surface area contributed by atoms with Gasteiger partial charge in [0.25, 0.3) is 0 Å². The minimum atomic E-state index is -1.32. The van der Waals surface area contributed by atoms with E-state index in [4.69, 9.17) is 5.73 Å². The lowest BCUT2D eigenvalue weighted by molar-refractivity contribution is -0.143. The van der Waals surface area contributed by atoms with Crippen molar-refractivity contribution in [3.8, 4) is 0 Å². The van der Waals surface area contributed by atoms with E-state index in [-0.39, 0.29) is 18.1 Å². The zero-order valence-electron chi connectivity index (χ0n) is 16.1. The molecule has 0 aliphatic carbocycles. The lowest BCUT2D eigenvalue weighted by Gasteiger charge is -2.28. The first-order valence-electron chi connectivity index (χ1n) is 9.23. The Balaban J connectivity index is 2.77. The molecule has 1 heterocycles. The summed E-state index contributed by atoms with van der Waals surface area (Å²) in [6, 6.07) is -4.08. The number of aliphatic hydroxyl groups is 1. The minimum absolute atomic E-state index is 0.0256. The number of carboxylic acids is 1. The summed E-state index contributed by atoms with van der Waals surface area (Å²) in [5.41, 5.74) is 5.70. The second-order valence-electron chi connectivity index (χ2n) is 7.25. The number of hydrogen-bond donors (Lipinski definition) is 6. The first-order valence-corrected chi connectivity index (χ1v) is 9.86. The summed E-state index contributed by atoms with van der Waals surface area (Å²) >= 11 is 3.99. The van der Waals surface area contributed by atoms with Crippen LogP contribution >= 0.6 is 12.6 Å². The van der Waals surface area contributed by atoms with Gasteiger partial charge in [-0.15, -0.1) is 0 Å². The highest BCUT2D eigenvalue weighted by atomic mass is 32.1. The Labute approximate surface area is 169 Å². The van der Waals surface area contributed by atoms with Crippen LogP contribution in [0.3, 0.4) is 0 Å². The van der Waals surface area contributed by atoms with Crippen molar-refractivity contribution in [2.24, 2.45) is 11.7 Å². The highest BCUT2D eigenvalue weighted by molar-refractivity contribution is 7.80. The van der Waals surface area contributed by atoms with E-state index in [9.17, 15) is 29.4 Å². The molecule has 28 heavy (non-hydrogen) atoms. The second kappa shape index (κ2) is 11.2. The van der Waals surface area contributed by atoms with Gasteiger partial charge in [0.1, 0.15) is 18.1 Å². The molecule has 0 bridgehead atoms. The zero-order chi connectivity index (χ0) is 21.4. The van der Waals surface area contributed by atoms with Crippen LogP contribution in [0.1, 0.15) is 33.1 Å². The van der Waals surface area contributed by atoms with Gasteiger partial charge in [0.15, 0.2) is 0 Å². The molecule has 0 aromatic heterocycles. The Hall–Kier alpha value is -1.85. The molecule has 1 aliphatic heterocycles. The normalized spacial score (nSPS) is 19.8. The van der Waals surface area contributed by atoms with Gasteiger partial charge >= 0.3 is 5.97 Å². The molecule has 0 spiro atoms. The van der Waals surface area contributed by atoms with E-state index < -0.39 is 54.5 Å². The number of carbonyl (C=O) groups excluding carboxylic acids is 3. The molecule has 1 saturated heterocycles. The fourth-order valence-electron chi connectivity index (χ4n) is 3.02. The van der Waals surface area contributed by atoms with Gasteiger partial charge in [0.05, 0.1) is 12.6 Å². The van der Waals surface area contributed by atoms with Gasteiger partial charge in [-0.25, -0.2) is 4.79 Å². The number of amides is 3. The average Bonchev–Trinajstić information content (AvgIpc) is 3.13. The molecule has 1 aliphatic rings. The van der Waals surface area contributed by atoms with Crippen molar-refractivity contribution < 1.29 is 29.4 Å². The van der Waals surface area contributed by atoms with Crippen molar-refractivity contribution in [2.75, 3.05) is 18.9 Å². The van der Waals surface area contributed by atoms with E-state index in [0.717, 1.165) is 0 Å². The molecular weight excluding hydrogens is 388 g/mol. The minimum Gasteiger partial charge on any atom is -0.480 e. The van der Waals surface area contributed by atoms with Gasteiger partial charge in [-0.05, 0) is 25.2 Å². The van der Waals surface area contributed by atoms with E-state index in [1.807, 2.05) is 13.8 Å². The maximum atomic E-state index is 12.6. The Morgan fingerprint density at radius 1 is 1.21 bits per heavy atom. The van der Waals surface area contributed by atoms with Crippen molar-refractivity contribution >= 4 is 36.3 Å². The van der Waals surface area contributed by atoms with Gasteiger partial charge in [-0.3, -0.25) is 14.4 Å². The molecule has 1 fully saturated rings. The maximum Gasteiger partial charge on any atom is 0.326 e. The van der Waals surface area contributed by atoms with Gasteiger partial charge in [-0.2, -0.15) is 12.6 Å². The van der Waals surface area contributed by atoms with Crippen LogP contribution in [-0.4, -0.2) is 81.9 Å². The molecule has 0 radical (unpaired) electrons. The molecule has 0 saturated carbocycles. The highest BCUT2D eigenvalue weighted by Gasteiger charge is 2.37. The van der Waals surface area contributed by atoms with Gasteiger partial charge in [0, 0.05) is 12.3 Å². The van der Waals surface area contributed by atoms with Crippen molar-refractivity contribution in [1.29, 1.82) is 0 Å². The first-order chi connectivity index (χ1) is 13.1.